The third kappa shape index (κ3) is 4.31. The lowest BCUT2D eigenvalue weighted by atomic mass is 9.94. The van der Waals surface area contributed by atoms with Crippen molar-refractivity contribution in [3.63, 3.8) is 0 Å². The minimum Gasteiger partial charge on any atom is -0.493 e. The summed E-state index contributed by atoms with van der Waals surface area (Å²) in [6, 6.07) is 6.20. The quantitative estimate of drug-likeness (QED) is 0.736. The monoisotopic (exact) mass is 332 g/mol. The second kappa shape index (κ2) is 8.54. The number of hydrogen-bond acceptors (Lipinski definition) is 2. The number of quaternary nitrogens is 2. The largest absolute Gasteiger partial charge is 0.493 e. The summed E-state index contributed by atoms with van der Waals surface area (Å²) < 4.78 is 11.0. The molecule has 132 valence electrons. The summed E-state index contributed by atoms with van der Waals surface area (Å²) in [6.45, 7) is 7.47. The fourth-order valence-corrected chi connectivity index (χ4v) is 4.15. The molecular formula is C20H32N2O2+2. The maximum atomic E-state index is 5.58. The molecule has 0 bridgehead atoms. The Morgan fingerprint density at radius 3 is 2.46 bits per heavy atom. The van der Waals surface area contributed by atoms with Crippen molar-refractivity contribution in [2.24, 2.45) is 5.92 Å². The van der Waals surface area contributed by atoms with E-state index in [4.69, 9.17) is 9.47 Å². The maximum Gasteiger partial charge on any atom is 0.169 e. The molecule has 1 aromatic rings. The zero-order valence-electron chi connectivity index (χ0n) is 15.1. The van der Waals surface area contributed by atoms with Crippen molar-refractivity contribution in [2.75, 3.05) is 46.9 Å². The Morgan fingerprint density at radius 2 is 1.79 bits per heavy atom. The second-order valence-corrected chi connectivity index (χ2v) is 7.18. The molecule has 1 saturated heterocycles. The fraction of sp³-hybridized carbons (Fsp3) is 0.600. The highest BCUT2D eigenvalue weighted by atomic mass is 16.5. The van der Waals surface area contributed by atoms with Crippen LogP contribution in [0.3, 0.4) is 0 Å². The van der Waals surface area contributed by atoms with E-state index >= 15 is 0 Å². The Labute approximate surface area is 146 Å². The zero-order valence-corrected chi connectivity index (χ0v) is 15.1. The number of ether oxygens (including phenoxy) is 2. The van der Waals surface area contributed by atoms with Crippen molar-refractivity contribution in [1.82, 2.24) is 0 Å². The number of para-hydroxylation sites is 1. The summed E-state index contributed by atoms with van der Waals surface area (Å²) in [5.41, 5.74) is 1.26. The first-order valence-corrected chi connectivity index (χ1v) is 9.32. The minimum absolute atomic E-state index is 0.837. The van der Waals surface area contributed by atoms with E-state index in [1.165, 1.54) is 57.5 Å². The van der Waals surface area contributed by atoms with Gasteiger partial charge in [0.25, 0.3) is 0 Å². The van der Waals surface area contributed by atoms with Gasteiger partial charge in [0.15, 0.2) is 11.5 Å². The smallest absolute Gasteiger partial charge is 0.169 e. The van der Waals surface area contributed by atoms with Crippen LogP contribution in [0.1, 0.15) is 24.8 Å². The van der Waals surface area contributed by atoms with E-state index in [0.717, 1.165) is 24.0 Å². The fourth-order valence-electron chi connectivity index (χ4n) is 4.15. The van der Waals surface area contributed by atoms with Gasteiger partial charge in [-0.3, -0.25) is 0 Å². The highest BCUT2D eigenvalue weighted by molar-refractivity contribution is 5.46. The normalized spacial score (nSPS) is 27.0. The summed E-state index contributed by atoms with van der Waals surface area (Å²) in [5, 5.41) is 0. The Kier molecular flexibility index (Phi) is 6.16. The minimum atomic E-state index is 0.837. The van der Waals surface area contributed by atoms with Crippen LogP contribution < -0.4 is 19.3 Å². The SMILES string of the molecule is COc1cccc(C[NH+]2CC[NH+](C[C@H]3CC=CCC3)CC2)c1OC. The number of rotatable bonds is 6. The molecule has 3 rings (SSSR count). The van der Waals surface area contributed by atoms with Gasteiger partial charge in [-0.05, 0) is 31.4 Å². The number of allylic oxidation sites excluding steroid dienone is 2. The summed E-state index contributed by atoms with van der Waals surface area (Å²) in [7, 11) is 3.44. The van der Waals surface area contributed by atoms with Crippen molar-refractivity contribution in [3.8, 4) is 11.5 Å². The average Bonchev–Trinajstić information content (AvgIpc) is 2.64. The molecule has 2 aliphatic rings. The Hall–Kier alpha value is -1.52. The van der Waals surface area contributed by atoms with Gasteiger partial charge in [0, 0.05) is 5.92 Å². The Morgan fingerprint density at radius 1 is 1.00 bits per heavy atom. The molecule has 1 atom stereocenters. The van der Waals surface area contributed by atoms with Crippen LogP contribution in [0.25, 0.3) is 0 Å². The van der Waals surface area contributed by atoms with E-state index in [2.05, 4.69) is 24.3 Å². The first-order chi connectivity index (χ1) is 11.8. The Balaban J connectivity index is 1.51. The van der Waals surface area contributed by atoms with Crippen LogP contribution in [-0.4, -0.2) is 46.9 Å². The van der Waals surface area contributed by atoms with Gasteiger partial charge in [-0.15, -0.1) is 0 Å². The van der Waals surface area contributed by atoms with E-state index < -0.39 is 0 Å². The van der Waals surface area contributed by atoms with Crippen molar-refractivity contribution < 1.29 is 19.3 Å². The molecule has 24 heavy (non-hydrogen) atoms. The van der Waals surface area contributed by atoms with Crippen LogP contribution in [0.15, 0.2) is 30.4 Å². The molecule has 0 aromatic heterocycles. The molecule has 1 aliphatic heterocycles. The summed E-state index contributed by atoms with van der Waals surface area (Å²) in [4.78, 5) is 3.46. The van der Waals surface area contributed by atoms with Crippen LogP contribution in [-0.2, 0) is 6.54 Å². The third-order valence-electron chi connectivity index (χ3n) is 5.54. The molecule has 4 nitrogen and oxygen atoms in total. The van der Waals surface area contributed by atoms with Crippen molar-refractivity contribution in [3.05, 3.63) is 35.9 Å². The van der Waals surface area contributed by atoms with Crippen LogP contribution >= 0.6 is 0 Å². The topological polar surface area (TPSA) is 27.3 Å². The van der Waals surface area contributed by atoms with E-state index in [1.54, 1.807) is 24.0 Å². The highest BCUT2D eigenvalue weighted by Gasteiger charge is 2.26. The first kappa shape index (κ1) is 17.3. The molecule has 1 aromatic carbocycles. The zero-order chi connectivity index (χ0) is 16.8. The summed E-state index contributed by atoms with van der Waals surface area (Å²) >= 11 is 0. The molecule has 2 N–H and O–H groups in total. The predicted octanol–water partition coefficient (Wildman–Crippen LogP) is 0.344. The van der Waals surface area contributed by atoms with E-state index in [9.17, 15) is 0 Å². The predicted molar refractivity (Wildman–Crippen MR) is 96.0 cm³/mol. The van der Waals surface area contributed by atoms with Crippen molar-refractivity contribution in [1.29, 1.82) is 0 Å². The van der Waals surface area contributed by atoms with Gasteiger partial charge in [0.1, 0.15) is 32.7 Å². The number of methoxy groups -OCH3 is 2. The van der Waals surface area contributed by atoms with Crippen LogP contribution in [0.5, 0.6) is 11.5 Å². The second-order valence-electron chi connectivity index (χ2n) is 7.18. The molecule has 1 fully saturated rings. The van der Waals surface area contributed by atoms with Gasteiger partial charge in [0.2, 0.25) is 0 Å². The number of piperazine rings is 1. The average molecular weight is 332 g/mol. The van der Waals surface area contributed by atoms with Gasteiger partial charge in [0.05, 0.1) is 26.3 Å². The van der Waals surface area contributed by atoms with Gasteiger partial charge >= 0.3 is 0 Å². The lowest BCUT2D eigenvalue weighted by molar-refractivity contribution is -1.02. The van der Waals surface area contributed by atoms with Gasteiger partial charge in [-0.2, -0.15) is 0 Å². The number of hydrogen-bond donors (Lipinski definition) is 2. The standard InChI is InChI=1S/C20H30N2O2/c1-23-19-10-6-9-18(20(19)24-2)16-22-13-11-21(12-14-22)15-17-7-4-3-5-8-17/h3-4,6,9-10,17H,5,7-8,11-16H2,1-2H3/p+2/t17-/m0/s1. The van der Waals surface area contributed by atoms with Crippen LogP contribution in [0, 0.1) is 5.92 Å². The number of nitrogens with one attached hydrogen (secondary N) is 2. The van der Waals surface area contributed by atoms with Gasteiger partial charge in [-0.25, -0.2) is 0 Å². The van der Waals surface area contributed by atoms with E-state index in [-0.39, 0.29) is 0 Å². The molecule has 0 radical (unpaired) electrons. The van der Waals surface area contributed by atoms with Gasteiger partial charge < -0.3 is 19.3 Å². The van der Waals surface area contributed by atoms with E-state index in [0.29, 0.717) is 0 Å². The highest BCUT2D eigenvalue weighted by Crippen LogP contribution is 2.30. The third-order valence-corrected chi connectivity index (χ3v) is 5.54. The Bertz CT molecular complexity index is 551. The molecule has 0 saturated carbocycles. The molecule has 4 heteroatoms. The van der Waals surface area contributed by atoms with Crippen molar-refractivity contribution >= 4 is 0 Å². The molecule has 1 aliphatic carbocycles. The van der Waals surface area contributed by atoms with Gasteiger partial charge in [-0.1, -0.05) is 18.2 Å². The molecule has 0 unspecified atom stereocenters. The van der Waals surface area contributed by atoms with Crippen LogP contribution in [0.2, 0.25) is 0 Å². The molecule has 1 heterocycles. The lowest BCUT2D eigenvalue weighted by Gasteiger charge is -2.32. The molecule has 0 amide bonds. The summed E-state index contributed by atoms with van der Waals surface area (Å²) in [6.07, 6.45) is 8.68. The maximum absolute atomic E-state index is 5.58. The first-order valence-electron chi connectivity index (χ1n) is 9.32. The molecule has 0 spiro atoms. The van der Waals surface area contributed by atoms with E-state index in [1.807, 2.05) is 6.07 Å². The lowest BCUT2D eigenvalue weighted by Crippen LogP contribution is -3.27. The van der Waals surface area contributed by atoms with Crippen LogP contribution in [0.4, 0.5) is 0 Å². The van der Waals surface area contributed by atoms with Crippen molar-refractivity contribution in [2.45, 2.75) is 25.8 Å². The molecular weight excluding hydrogens is 300 g/mol. The number of benzene rings is 1. The summed E-state index contributed by atoms with van der Waals surface area (Å²) in [5.74, 6) is 2.64.